The molecule has 0 aliphatic rings. The number of nitrogens with two attached hydrogens (primary N) is 1. The van der Waals surface area contributed by atoms with E-state index < -0.39 is 47.9 Å². The first-order valence-electron chi connectivity index (χ1n) is 14.3. The van der Waals surface area contributed by atoms with Gasteiger partial charge < -0.3 is 26.0 Å². The molecular weight excluding hydrogens is 532 g/mol. The van der Waals surface area contributed by atoms with E-state index in [1.54, 1.807) is 26.8 Å². The topological polar surface area (TPSA) is 131 Å². The van der Waals surface area contributed by atoms with Crippen molar-refractivity contribution in [3.63, 3.8) is 0 Å². The number of nitrogens with zero attached hydrogens (tertiary/aromatic N) is 1. The van der Waals surface area contributed by atoms with Gasteiger partial charge in [-0.25, -0.2) is 4.79 Å². The molecule has 3 rings (SSSR count). The highest BCUT2D eigenvalue weighted by atomic mass is 16.6. The molecule has 0 bridgehead atoms. The summed E-state index contributed by atoms with van der Waals surface area (Å²) in [7, 11) is 0. The lowest BCUT2D eigenvalue weighted by molar-refractivity contribution is -0.142. The first-order valence-corrected chi connectivity index (χ1v) is 14.3. The molecule has 42 heavy (non-hydrogen) atoms. The summed E-state index contributed by atoms with van der Waals surface area (Å²) in [5.41, 5.74) is 6.77. The smallest absolute Gasteiger partial charge is 0.408 e. The fraction of sp³-hybridized carbons (Fsp3) is 0.394. The number of carbonyl (C=O) groups is 4. The molecule has 0 aliphatic heterocycles. The third-order valence-corrected chi connectivity index (χ3v) is 6.61. The minimum Gasteiger partial charge on any atom is -0.444 e. The van der Waals surface area contributed by atoms with Crippen LogP contribution in [0.15, 0.2) is 66.7 Å². The number of hydrogen-bond acceptors (Lipinski definition) is 5. The van der Waals surface area contributed by atoms with E-state index in [0.29, 0.717) is 17.7 Å². The maximum atomic E-state index is 14.2. The minimum absolute atomic E-state index is 0.224. The minimum atomic E-state index is -1.32. The van der Waals surface area contributed by atoms with Crippen LogP contribution in [0.4, 0.5) is 10.5 Å². The number of aryl methyl sites for hydroxylation is 1. The largest absolute Gasteiger partial charge is 0.444 e. The standard InChI is InChI=1S/C33H42N4O5/c1-6-7-10-18-37(31(40)27(21-28(34)38)36-32(41)42-33(3,4)5)29(25-15-11-12-22(2)19-25)30(39)35-26-17-16-23-13-8-9-14-24(23)20-26/h8-9,11-17,19-20,27,29H,6-7,10,18,21H2,1-5H3,(H2,34,38)(H,35,39)(H,36,41). The van der Waals surface area contributed by atoms with E-state index in [9.17, 15) is 19.2 Å². The Hall–Kier alpha value is -4.40. The van der Waals surface area contributed by atoms with Crippen molar-refractivity contribution >= 4 is 40.3 Å². The summed E-state index contributed by atoms with van der Waals surface area (Å²) >= 11 is 0. The van der Waals surface area contributed by atoms with Gasteiger partial charge in [0.1, 0.15) is 17.7 Å². The van der Waals surface area contributed by atoms with Crippen molar-refractivity contribution in [3.8, 4) is 0 Å². The molecular formula is C33H42N4O5. The first-order chi connectivity index (χ1) is 19.9. The number of fused-ring (bicyclic) bond motifs is 1. The second-order valence-corrected chi connectivity index (χ2v) is 11.5. The molecule has 4 amide bonds. The van der Waals surface area contributed by atoms with Crippen LogP contribution >= 0.6 is 0 Å². The number of rotatable bonds is 12. The van der Waals surface area contributed by atoms with Gasteiger partial charge in [-0.05, 0) is 62.6 Å². The Balaban J connectivity index is 2.03. The number of anilines is 1. The SMILES string of the molecule is CCCCCN(C(=O)C(CC(N)=O)NC(=O)OC(C)(C)C)C(C(=O)Nc1ccc2ccccc2c1)c1cccc(C)c1. The molecule has 0 aliphatic carbocycles. The molecule has 0 heterocycles. The van der Waals surface area contributed by atoms with Crippen LogP contribution < -0.4 is 16.4 Å². The normalized spacial score (nSPS) is 12.7. The Morgan fingerprint density at radius 2 is 1.64 bits per heavy atom. The zero-order chi connectivity index (χ0) is 30.9. The first kappa shape index (κ1) is 32.1. The van der Waals surface area contributed by atoms with Crippen LogP contribution in [0.5, 0.6) is 0 Å². The van der Waals surface area contributed by atoms with Crippen molar-refractivity contribution in [2.24, 2.45) is 5.73 Å². The number of alkyl carbamates (subject to hydrolysis) is 1. The highest BCUT2D eigenvalue weighted by molar-refractivity contribution is 6.01. The van der Waals surface area contributed by atoms with Crippen molar-refractivity contribution in [2.75, 3.05) is 11.9 Å². The number of unbranched alkanes of at least 4 members (excludes halogenated alkanes) is 2. The van der Waals surface area contributed by atoms with Gasteiger partial charge in [-0.1, -0.05) is 79.9 Å². The van der Waals surface area contributed by atoms with Gasteiger partial charge in [-0.15, -0.1) is 0 Å². The van der Waals surface area contributed by atoms with Gasteiger partial charge in [-0.2, -0.15) is 0 Å². The number of nitrogens with one attached hydrogen (secondary N) is 2. The summed E-state index contributed by atoms with van der Waals surface area (Å²) in [5, 5.41) is 7.50. The van der Waals surface area contributed by atoms with Gasteiger partial charge >= 0.3 is 6.09 Å². The molecule has 4 N–H and O–H groups in total. The van der Waals surface area contributed by atoms with E-state index in [1.165, 1.54) is 4.90 Å². The number of hydrogen-bond donors (Lipinski definition) is 3. The van der Waals surface area contributed by atoms with Crippen LogP contribution in [0.25, 0.3) is 10.8 Å². The van der Waals surface area contributed by atoms with E-state index in [0.717, 1.165) is 29.2 Å². The molecule has 2 unspecified atom stereocenters. The van der Waals surface area contributed by atoms with E-state index in [-0.39, 0.29) is 6.54 Å². The predicted octanol–water partition coefficient (Wildman–Crippen LogP) is 5.62. The average molecular weight is 575 g/mol. The van der Waals surface area contributed by atoms with Crippen molar-refractivity contribution in [3.05, 3.63) is 77.9 Å². The lowest BCUT2D eigenvalue weighted by Gasteiger charge is -2.34. The van der Waals surface area contributed by atoms with Crippen LogP contribution in [0.1, 0.15) is 70.5 Å². The number of benzene rings is 3. The quantitative estimate of drug-likeness (QED) is 0.242. The molecule has 0 spiro atoms. The maximum Gasteiger partial charge on any atom is 0.408 e. The van der Waals surface area contributed by atoms with Crippen LogP contribution in [-0.4, -0.2) is 46.9 Å². The van der Waals surface area contributed by atoms with Gasteiger partial charge in [0.25, 0.3) is 5.91 Å². The van der Waals surface area contributed by atoms with Crippen LogP contribution in [-0.2, 0) is 19.1 Å². The molecule has 9 nitrogen and oxygen atoms in total. The molecule has 0 saturated carbocycles. The van der Waals surface area contributed by atoms with Gasteiger partial charge in [0, 0.05) is 12.2 Å². The highest BCUT2D eigenvalue weighted by Crippen LogP contribution is 2.27. The van der Waals surface area contributed by atoms with Crippen molar-refractivity contribution in [1.82, 2.24) is 10.2 Å². The molecule has 0 saturated heterocycles. The molecule has 0 aromatic heterocycles. The van der Waals surface area contributed by atoms with Crippen molar-refractivity contribution in [1.29, 1.82) is 0 Å². The maximum absolute atomic E-state index is 14.2. The summed E-state index contributed by atoms with van der Waals surface area (Å²) in [6.45, 7) is 9.25. The fourth-order valence-corrected chi connectivity index (χ4v) is 4.74. The number of primary amides is 1. The number of ether oxygens (including phenoxy) is 1. The Morgan fingerprint density at radius 1 is 0.929 bits per heavy atom. The molecule has 2 atom stereocenters. The number of carbonyl (C=O) groups excluding carboxylic acids is 4. The third-order valence-electron chi connectivity index (χ3n) is 6.61. The lowest BCUT2D eigenvalue weighted by atomic mass is 9.99. The van der Waals surface area contributed by atoms with E-state index in [2.05, 4.69) is 10.6 Å². The summed E-state index contributed by atoms with van der Waals surface area (Å²) < 4.78 is 5.35. The van der Waals surface area contributed by atoms with Gasteiger partial charge in [0.15, 0.2) is 0 Å². The summed E-state index contributed by atoms with van der Waals surface area (Å²) in [4.78, 5) is 54.4. The summed E-state index contributed by atoms with van der Waals surface area (Å²) in [6.07, 6.45) is 1.01. The molecule has 3 aromatic rings. The lowest BCUT2D eigenvalue weighted by Crippen LogP contribution is -2.53. The van der Waals surface area contributed by atoms with E-state index in [4.69, 9.17) is 10.5 Å². The zero-order valence-electron chi connectivity index (χ0n) is 25.1. The Labute approximate surface area is 247 Å². The number of amides is 4. The average Bonchev–Trinajstić information content (AvgIpc) is 2.90. The fourth-order valence-electron chi connectivity index (χ4n) is 4.74. The molecule has 0 radical (unpaired) electrons. The molecule has 3 aromatic carbocycles. The van der Waals surface area contributed by atoms with E-state index >= 15 is 0 Å². The molecule has 9 heteroatoms. The van der Waals surface area contributed by atoms with Crippen LogP contribution in [0.3, 0.4) is 0 Å². The third kappa shape index (κ3) is 9.33. The molecule has 0 fully saturated rings. The van der Waals surface area contributed by atoms with Crippen molar-refractivity contribution in [2.45, 2.75) is 78.0 Å². The Bertz CT molecular complexity index is 1410. The van der Waals surface area contributed by atoms with E-state index in [1.807, 2.05) is 74.5 Å². The van der Waals surface area contributed by atoms with Gasteiger partial charge in [0.2, 0.25) is 11.8 Å². The van der Waals surface area contributed by atoms with Gasteiger partial charge in [0.05, 0.1) is 6.42 Å². The zero-order valence-corrected chi connectivity index (χ0v) is 25.1. The van der Waals surface area contributed by atoms with Crippen LogP contribution in [0, 0.1) is 6.92 Å². The van der Waals surface area contributed by atoms with Crippen LogP contribution in [0.2, 0.25) is 0 Å². The summed E-state index contributed by atoms with van der Waals surface area (Å²) in [6, 6.07) is 18.5. The Kier molecular flexibility index (Phi) is 11.1. The predicted molar refractivity (Wildman–Crippen MR) is 165 cm³/mol. The monoisotopic (exact) mass is 574 g/mol. The second kappa shape index (κ2) is 14.5. The van der Waals surface area contributed by atoms with Crippen molar-refractivity contribution < 1.29 is 23.9 Å². The second-order valence-electron chi connectivity index (χ2n) is 11.5. The molecule has 224 valence electrons. The Morgan fingerprint density at radius 3 is 2.29 bits per heavy atom. The van der Waals surface area contributed by atoms with Gasteiger partial charge in [-0.3, -0.25) is 14.4 Å². The summed E-state index contributed by atoms with van der Waals surface area (Å²) in [5.74, 6) is -1.79. The highest BCUT2D eigenvalue weighted by Gasteiger charge is 2.37.